The molecule has 0 saturated carbocycles. The van der Waals surface area contributed by atoms with Gasteiger partial charge >= 0.3 is 0 Å². The van der Waals surface area contributed by atoms with Crippen LogP contribution < -0.4 is 15.4 Å². The molecule has 0 aromatic heterocycles. The van der Waals surface area contributed by atoms with Gasteiger partial charge in [0.25, 0.3) is 0 Å². The summed E-state index contributed by atoms with van der Waals surface area (Å²) in [5, 5.41) is 15.2. The highest BCUT2D eigenvalue weighted by Gasteiger charge is 2.33. The first-order chi connectivity index (χ1) is 16.5. The molecule has 0 aliphatic carbocycles. The van der Waals surface area contributed by atoms with Crippen LogP contribution in [0.25, 0.3) is 0 Å². The highest BCUT2D eigenvalue weighted by atomic mass is 35.5. The number of nitrogens with one attached hydrogen (secondary N) is 2. The monoisotopic (exact) mass is 556 g/mol. The number of carbonyl (C=O) groups excluding carboxylic acids is 1. The van der Waals surface area contributed by atoms with Gasteiger partial charge in [0.1, 0.15) is 16.7 Å². The molecular formula is C24H23Cl3N2O5S. The average molecular weight is 558 g/mol. The number of benzene rings is 3. The van der Waals surface area contributed by atoms with Gasteiger partial charge in [0.15, 0.2) is 16.6 Å². The number of sulfone groups is 1. The smallest absolute Gasteiger partial charge is 0.243 e. The molecular weight excluding hydrogens is 535 g/mol. The number of rotatable bonds is 9. The average Bonchev–Trinajstić information content (AvgIpc) is 2.80. The summed E-state index contributed by atoms with van der Waals surface area (Å²) in [6.07, 6.45) is 0.0529. The Hall–Kier alpha value is -2.65. The third kappa shape index (κ3) is 6.52. The fourth-order valence-corrected chi connectivity index (χ4v) is 5.34. The Balaban J connectivity index is 1.70. The fourth-order valence-electron chi connectivity index (χ4n) is 3.21. The number of hydrogen-bond donors (Lipinski definition) is 3. The van der Waals surface area contributed by atoms with E-state index in [9.17, 15) is 18.3 Å². The van der Waals surface area contributed by atoms with Crippen LogP contribution in [-0.4, -0.2) is 31.4 Å². The van der Waals surface area contributed by atoms with Crippen molar-refractivity contribution in [2.24, 2.45) is 0 Å². The zero-order chi connectivity index (χ0) is 25.8. The number of hydrogen-bond acceptors (Lipinski definition) is 6. The van der Waals surface area contributed by atoms with Crippen LogP contribution in [0.15, 0.2) is 59.5 Å². The van der Waals surface area contributed by atoms with Crippen molar-refractivity contribution in [1.82, 2.24) is 0 Å². The normalized spacial score (nSPS) is 12.1. The Morgan fingerprint density at radius 2 is 1.66 bits per heavy atom. The first-order valence-electron chi connectivity index (χ1n) is 10.5. The summed E-state index contributed by atoms with van der Waals surface area (Å²) < 4.78 is 31.5. The number of amides is 1. The van der Waals surface area contributed by atoms with Crippen molar-refractivity contribution in [3.63, 3.8) is 0 Å². The van der Waals surface area contributed by atoms with Crippen molar-refractivity contribution < 1.29 is 23.1 Å². The summed E-state index contributed by atoms with van der Waals surface area (Å²) in [4.78, 5) is 12.9. The second kappa shape index (κ2) is 11.4. The summed E-state index contributed by atoms with van der Waals surface area (Å²) in [6.45, 7) is 3.42. The predicted molar refractivity (Wildman–Crippen MR) is 140 cm³/mol. The molecule has 1 amide bonds. The third-order valence-corrected chi connectivity index (χ3v) is 8.40. The maximum atomic E-state index is 13.0. The van der Waals surface area contributed by atoms with E-state index >= 15 is 0 Å². The predicted octanol–water partition coefficient (Wildman–Crippen LogP) is 6.30. The molecule has 0 saturated heterocycles. The molecule has 0 bridgehead atoms. The van der Waals surface area contributed by atoms with Gasteiger partial charge in [0.2, 0.25) is 5.91 Å². The van der Waals surface area contributed by atoms with Crippen molar-refractivity contribution in [3.05, 3.63) is 75.2 Å². The summed E-state index contributed by atoms with van der Waals surface area (Å²) in [5.74, 6) is -0.517. The fraction of sp³-hybridized carbons (Fsp3) is 0.208. The minimum absolute atomic E-state index is 0.0275. The van der Waals surface area contributed by atoms with E-state index in [0.717, 1.165) is 5.56 Å². The van der Waals surface area contributed by atoms with E-state index in [0.29, 0.717) is 15.8 Å². The number of carbonyl (C=O) groups is 1. The minimum atomic E-state index is -3.93. The van der Waals surface area contributed by atoms with Crippen molar-refractivity contribution in [1.29, 1.82) is 0 Å². The molecule has 35 heavy (non-hydrogen) atoms. The molecule has 0 aliphatic heterocycles. The van der Waals surface area contributed by atoms with Crippen molar-refractivity contribution in [2.75, 3.05) is 17.4 Å². The van der Waals surface area contributed by atoms with Gasteiger partial charge in [0.05, 0.1) is 31.3 Å². The molecule has 11 heteroatoms. The Morgan fingerprint density at radius 3 is 2.29 bits per heavy atom. The molecule has 1 atom stereocenters. The van der Waals surface area contributed by atoms with Crippen LogP contribution in [0.5, 0.6) is 11.5 Å². The topological polar surface area (TPSA) is 105 Å². The first kappa shape index (κ1) is 26.9. The molecule has 3 aromatic carbocycles. The van der Waals surface area contributed by atoms with E-state index in [2.05, 4.69) is 10.6 Å². The largest absolute Gasteiger partial charge is 0.506 e. The third-order valence-electron chi connectivity index (χ3n) is 5.12. The second-order valence-corrected chi connectivity index (χ2v) is 11.0. The van der Waals surface area contributed by atoms with Crippen LogP contribution in [0.2, 0.25) is 15.1 Å². The van der Waals surface area contributed by atoms with Gasteiger partial charge in [-0.05, 0) is 43.7 Å². The highest BCUT2D eigenvalue weighted by Crippen LogP contribution is 2.34. The Labute approximate surface area is 218 Å². The standard InChI is InChI=1S/C24H23Cl3N2O5S/c1-3-23(35(32,33)16-7-4-14(2)5-8-16)24(31)29-20-12-22(30)21(11-19(20)27)28-13-34-15-6-9-17(25)18(26)10-15/h4-12,23,28,30H,3,13H2,1-2H3,(H,29,31). The lowest BCUT2D eigenvalue weighted by atomic mass is 10.2. The first-order valence-corrected chi connectivity index (χ1v) is 13.2. The number of anilines is 2. The maximum Gasteiger partial charge on any atom is 0.243 e. The van der Waals surface area contributed by atoms with Crippen molar-refractivity contribution in [3.8, 4) is 11.5 Å². The van der Waals surface area contributed by atoms with Crippen molar-refractivity contribution >= 4 is 61.9 Å². The van der Waals surface area contributed by atoms with Gasteiger partial charge in [-0.2, -0.15) is 0 Å². The van der Waals surface area contributed by atoms with Gasteiger partial charge in [-0.15, -0.1) is 0 Å². The van der Waals surface area contributed by atoms with Crippen molar-refractivity contribution in [2.45, 2.75) is 30.4 Å². The van der Waals surface area contributed by atoms with Crippen LogP contribution in [0, 0.1) is 6.92 Å². The SMILES string of the molecule is CCC(C(=O)Nc1cc(O)c(NCOc2ccc(Cl)c(Cl)c2)cc1Cl)S(=O)(=O)c1ccc(C)cc1. The molecule has 3 N–H and O–H groups in total. The van der Waals surface area contributed by atoms with Gasteiger partial charge < -0.3 is 20.5 Å². The molecule has 1 unspecified atom stereocenters. The Bertz CT molecular complexity index is 1330. The molecule has 0 aliphatic rings. The van der Waals surface area contributed by atoms with E-state index < -0.39 is 21.0 Å². The molecule has 0 heterocycles. The van der Waals surface area contributed by atoms with E-state index in [1.165, 1.54) is 24.3 Å². The molecule has 3 rings (SSSR count). The number of phenols is 1. The highest BCUT2D eigenvalue weighted by molar-refractivity contribution is 7.92. The molecule has 186 valence electrons. The summed E-state index contributed by atoms with van der Waals surface area (Å²) in [5.41, 5.74) is 1.22. The van der Waals surface area contributed by atoms with Crippen LogP contribution in [0.3, 0.4) is 0 Å². The van der Waals surface area contributed by atoms with E-state index in [1.807, 2.05) is 6.92 Å². The molecule has 3 aromatic rings. The van der Waals surface area contributed by atoms with Crippen LogP contribution in [-0.2, 0) is 14.6 Å². The van der Waals surface area contributed by atoms with E-state index in [1.54, 1.807) is 37.3 Å². The Morgan fingerprint density at radius 1 is 0.971 bits per heavy atom. The quantitative estimate of drug-likeness (QED) is 0.211. The lowest BCUT2D eigenvalue weighted by Crippen LogP contribution is -2.34. The van der Waals surface area contributed by atoms with Gasteiger partial charge in [-0.1, -0.05) is 59.4 Å². The lowest BCUT2D eigenvalue weighted by Gasteiger charge is -2.18. The summed E-state index contributed by atoms with van der Waals surface area (Å²) in [6, 6.07) is 13.7. The van der Waals surface area contributed by atoms with E-state index in [-0.39, 0.29) is 40.2 Å². The molecule has 0 spiro atoms. The minimum Gasteiger partial charge on any atom is -0.506 e. The number of phenolic OH excluding ortho intramolecular Hbond substituents is 1. The van der Waals surface area contributed by atoms with E-state index in [4.69, 9.17) is 39.5 Å². The van der Waals surface area contributed by atoms with Crippen LogP contribution >= 0.6 is 34.8 Å². The zero-order valence-corrected chi connectivity index (χ0v) is 21.9. The summed E-state index contributed by atoms with van der Waals surface area (Å²) in [7, 11) is -3.93. The second-order valence-electron chi connectivity index (χ2n) is 7.63. The number of ether oxygens (including phenoxy) is 1. The maximum absolute atomic E-state index is 13.0. The number of halogens is 3. The number of aromatic hydroxyl groups is 1. The van der Waals surface area contributed by atoms with Crippen LogP contribution in [0.4, 0.5) is 11.4 Å². The Kier molecular flexibility index (Phi) is 8.77. The molecule has 7 nitrogen and oxygen atoms in total. The van der Waals surface area contributed by atoms with Gasteiger partial charge in [-0.25, -0.2) is 8.42 Å². The molecule has 0 fully saturated rings. The number of aryl methyl sites for hydroxylation is 1. The van der Waals surface area contributed by atoms with Gasteiger partial charge in [-0.3, -0.25) is 4.79 Å². The van der Waals surface area contributed by atoms with Gasteiger partial charge in [0, 0.05) is 12.1 Å². The van der Waals surface area contributed by atoms with Crippen LogP contribution in [0.1, 0.15) is 18.9 Å². The lowest BCUT2D eigenvalue weighted by molar-refractivity contribution is -0.115. The summed E-state index contributed by atoms with van der Waals surface area (Å²) >= 11 is 18.1. The zero-order valence-electron chi connectivity index (χ0n) is 18.8. The molecule has 0 radical (unpaired) electrons.